The van der Waals surface area contributed by atoms with Gasteiger partial charge in [0.1, 0.15) is 0 Å². The van der Waals surface area contributed by atoms with E-state index in [2.05, 4.69) is 5.32 Å². The van der Waals surface area contributed by atoms with Crippen LogP contribution in [-0.4, -0.2) is 36.2 Å². The maximum absolute atomic E-state index is 11.9. The molecule has 0 unspecified atom stereocenters. The highest BCUT2D eigenvalue weighted by Gasteiger charge is 2.40. The fraction of sp³-hybridized carbons (Fsp3) is 0.467. The van der Waals surface area contributed by atoms with Crippen molar-refractivity contribution in [1.29, 1.82) is 0 Å². The van der Waals surface area contributed by atoms with E-state index in [1.54, 1.807) is 18.2 Å². The molecule has 1 saturated carbocycles. The number of aliphatic carboxylic acids is 1. The molecule has 6 nitrogen and oxygen atoms in total. The Morgan fingerprint density at radius 3 is 2.48 bits per heavy atom. The van der Waals surface area contributed by atoms with Crippen LogP contribution in [0.15, 0.2) is 24.3 Å². The summed E-state index contributed by atoms with van der Waals surface area (Å²) in [5, 5.41) is 11.7. The van der Waals surface area contributed by atoms with Crippen LogP contribution in [0, 0.1) is 0 Å². The molecule has 0 aliphatic heterocycles. The molecule has 0 bridgehead atoms. The van der Waals surface area contributed by atoms with Crippen molar-refractivity contribution in [3.05, 3.63) is 24.3 Å². The Hall–Kier alpha value is -2.24. The van der Waals surface area contributed by atoms with Gasteiger partial charge in [0.2, 0.25) is 0 Å². The summed E-state index contributed by atoms with van der Waals surface area (Å²) in [6, 6.07) is 7.04. The maximum atomic E-state index is 11.9. The molecule has 0 spiro atoms. The highest BCUT2D eigenvalue weighted by molar-refractivity contribution is 5.80. The number of carbonyl (C=O) groups is 2. The lowest BCUT2D eigenvalue weighted by molar-refractivity contribution is -0.140. The third-order valence-corrected chi connectivity index (χ3v) is 3.63. The summed E-state index contributed by atoms with van der Waals surface area (Å²) in [5.74, 6) is -0.187. The highest BCUT2D eigenvalue weighted by Crippen LogP contribution is 2.35. The first-order valence-corrected chi connectivity index (χ1v) is 6.83. The van der Waals surface area contributed by atoms with Crippen LogP contribution in [0.2, 0.25) is 0 Å². The lowest BCUT2D eigenvalue weighted by Gasteiger charge is -2.41. The molecule has 0 heterocycles. The van der Waals surface area contributed by atoms with Gasteiger partial charge in [-0.2, -0.15) is 0 Å². The Bertz CT molecular complexity index is 525. The first-order chi connectivity index (χ1) is 10.0. The number of amides is 1. The van der Waals surface area contributed by atoms with Gasteiger partial charge in [-0.3, -0.25) is 9.59 Å². The number of carboxylic acids is 1. The van der Waals surface area contributed by atoms with E-state index in [0.717, 1.165) is 6.42 Å². The average molecular weight is 293 g/mol. The van der Waals surface area contributed by atoms with E-state index in [1.807, 2.05) is 6.07 Å². The smallest absolute Gasteiger partial charge is 0.305 e. The predicted octanol–water partition coefficient (Wildman–Crippen LogP) is 1.59. The lowest BCUT2D eigenvalue weighted by Crippen LogP contribution is -2.55. The summed E-state index contributed by atoms with van der Waals surface area (Å²) in [6.45, 7) is -0.165. The van der Waals surface area contributed by atoms with Crippen LogP contribution < -0.4 is 14.8 Å². The molecule has 0 atom stereocenters. The number of nitrogens with one attached hydrogen (secondary N) is 1. The van der Waals surface area contributed by atoms with Gasteiger partial charge < -0.3 is 19.9 Å². The van der Waals surface area contributed by atoms with Gasteiger partial charge in [-0.05, 0) is 31.4 Å². The summed E-state index contributed by atoms with van der Waals surface area (Å²) in [6.07, 6.45) is 2.27. The van der Waals surface area contributed by atoms with Crippen molar-refractivity contribution in [2.45, 2.75) is 31.2 Å². The fourth-order valence-electron chi connectivity index (χ4n) is 2.45. The van der Waals surface area contributed by atoms with E-state index in [1.165, 1.54) is 7.11 Å². The summed E-state index contributed by atoms with van der Waals surface area (Å²) in [5.41, 5.74) is -0.604. The zero-order valence-electron chi connectivity index (χ0n) is 11.9. The fourth-order valence-corrected chi connectivity index (χ4v) is 2.45. The van der Waals surface area contributed by atoms with Crippen LogP contribution in [0.1, 0.15) is 25.7 Å². The standard InChI is InChI=1S/C15H19NO5/c1-20-11-5-2-3-6-12(11)21-10-13(17)16-15(7-4-8-15)9-14(18)19/h2-3,5-6H,4,7-10H2,1H3,(H,16,17)(H,18,19). The largest absolute Gasteiger partial charge is 0.493 e. The zero-order valence-corrected chi connectivity index (χ0v) is 11.9. The molecule has 114 valence electrons. The molecule has 2 N–H and O–H groups in total. The molecule has 1 amide bonds. The van der Waals surface area contributed by atoms with Gasteiger partial charge in [0.25, 0.3) is 5.91 Å². The maximum Gasteiger partial charge on any atom is 0.305 e. The van der Waals surface area contributed by atoms with Gasteiger partial charge in [-0.15, -0.1) is 0 Å². The second-order valence-electron chi connectivity index (χ2n) is 5.19. The topological polar surface area (TPSA) is 84.9 Å². The Balaban J connectivity index is 1.88. The van der Waals surface area contributed by atoms with Crippen LogP contribution in [0.4, 0.5) is 0 Å². The van der Waals surface area contributed by atoms with Gasteiger partial charge in [0.15, 0.2) is 18.1 Å². The second-order valence-corrected chi connectivity index (χ2v) is 5.19. The van der Waals surface area contributed by atoms with Gasteiger partial charge in [0.05, 0.1) is 19.1 Å². The lowest BCUT2D eigenvalue weighted by atomic mass is 9.74. The molecule has 1 aliphatic carbocycles. The summed E-state index contributed by atoms with van der Waals surface area (Å²) < 4.78 is 10.6. The van der Waals surface area contributed by atoms with Crippen LogP contribution in [0.5, 0.6) is 11.5 Å². The van der Waals surface area contributed by atoms with Crippen LogP contribution >= 0.6 is 0 Å². The minimum absolute atomic E-state index is 0.0482. The molecular formula is C15H19NO5. The third-order valence-electron chi connectivity index (χ3n) is 3.63. The van der Waals surface area contributed by atoms with E-state index in [-0.39, 0.29) is 18.9 Å². The number of benzene rings is 1. The Kier molecular flexibility index (Phi) is 4.67. The summed E-state index contributed by atoms with van der Waals surface area (Å²) >= 11 is 0. The number of ether oxygens (including phenoxy) is 2. The molecular weight excluding hydrogens is 274 g/mol. The quantitative estimate of drug-likeness (QED) is 0.797. The van der Waals surface area contributed by atoms with Gasteiger partial charge in [-0.1, -0.05) is 12.1 Å². The number of carbonyl (C=O) groups excluding carboxylic acids is 1. The number of para-hydroxylation sites is 2. The molecule has 6 heteroatoms. The van der Waals surface area contributed by atoms with Crippen LogP contribution in [0.25, 0.3) is 0 Å². The monoisotopic (exact) mass is 293 g/mol. The normalized spacial score (nSPS) is 15.7. The molecule has 0 radical (unpaired) electrons. The first kappa shape index (κ1) is 15.2. The van der Waals surface area contributed by atoms with E-state index in [9.17, 15) is 9.59 Å². The van der Waals surface area contributed by atoms with Crippen molar-refractivity contribution in [3.63, 3.8) is 0 Å². The van der Waals surface area contributed by atoms with E-state index >= 15 is 0 Å². The Morgan fingerprint density at radius 1 is 1.29 bits per heavy atom. The van der Waals surface area contributed by atoms with Gasteiger partial charge in [0, 0.05) is 0 Å². The van der Waals surface area contributed by atoms with Crippen molar-refractivity contribution in [2.24, 2.45) is 0 Å². The Morgan fingerprint density at radius 2 is 1.95 bits per heavy atom. The van der Waals surface area contributed by atoms with Gasteiger partial charge in [-0.25, -0.2) is 0 Å². The number of methoxy groups -OCH3 is 1. The molecule has 1 fully saturated rings. The molecule has 2 rings (SSSR count). The Labute approximate surface area is 123 Å². The number of rotatable bonds is 7. The number of carboxylic acid groups (broad SMARTS) is 1. The molecule has 21 heavy (non-hydrogen) atoms. The average Bonchev–Trinajstić information content (AvgIpc) is 2.42. The SMILES string of the molecule is COc1ccccc1OCC(=O)NC1(CC(=O)O)CCC1. The predicted molar refractivity (Wildman–Crippen MR) is 75.5 cm³/mol. The summed E-state index contributed by atoms with van der Waals surface area (Å²) in [7, 11) is 1.53. The minimum Gasteiger partial charge on any atom is -0.493 e. The minimum atomic E-state index is -0.902. The first-order valence-electron chi connectivity index (χ1n) is 6.83. The zero-order chi connectivity index (χ0) is 15.3. The molecule has 0 saturated heterocycles. The van der Waals surface area contributed by atoms with Crippen molar-refractivity contribution < 1.29 is 24.2 Å². The number of hydrogen-bond acceptors (Lipinski definition) is 4. The molecule has 1 aliphatic rings. The van der Waals surface area contributed by atoms with Crippen molar-refractivity contribution in [3.8, 4) is 11.5 Å². The second kappa shape index (κ2) is 6.47. The van der Waals surface area contributed by atoms with Crippen molar-refractivity contribution >= 4 is 11.9 Å². The summed E-state index contributed by atoms with van der Waals surface area (Å²) in [4.78, 5) is 22.8. The van der Waals surface area contributed by atoms with Gasteiger partial charge >= 0.3 is 5.97 Å². The van der Waals surface area contributed by atoms with E-state index < -0.39 is 11.5 Å². The molecule has 1 aromatic rings. The highest BCUT2D eigenvalue weighted by atomic mass is 16.5. The third kappa shape index (κ3) is 3.87. The number of hydrogen-bond donors (Lipinski definition) is 2. The molecule has 0 aromatic heterocycles. The van der Waals surface area contributed by atoms with E-state index in [0.29, 0.717) is 24.3 Å². The van der Waals surface area contributed by atoms with Crippen LogP contribution in [0.3, 0.4) is 0 Å². The van der Waals surface area contributed by atoms with Crippen molar-refractivity contribution in [1.82, 2.24) is 5.32 Å². The van der Waals surface area contributed by atoms with Crippen molar-refractivity contribution in [2.75, 3.05) is 13.7 Å². The van der Waals surface area contributed by atoms with Crippen LogP contribution in [-0.2, 0) is 9.59 Å². The molecule has 1 aromatic carbocycles. The van der Waals surface area contributed by atoms with E-state index in [4.69, 9.17) is 14.6 Å².